The van der Waals surface area contributed by atoms with Crippen molar-refractivity contribution in [2.24, 2.45) is 0 Å². The predicted molar refractivity (Wildman–Crippen MR) is 79.2 cm³/mol. The fourth-order valence-corrected chi connectivity index (χ4v) is 2.11. The summed E-state index contributed by atoms with van der Waals surface area (Å²) in [6, 6.07) is 11.2. The third-order valence-corrected chi connectivity index (χ3v) is 3.27. The van der Waals surface area contributed by atoms with Crippen molar-refractivity contribution in [3.8, 4) is 5.75 Å². The Kier molecular flexibility index (Phi) is 5.28. The lowest BCUT2D eigenvalue weighted by Crippen LogP contribution is -2.17. The van der Waals surface area contributed by atoms with Gasteiger partial charge in [0.15, 0.2) is 0 Å². The van der Waals surface area contributed by atoms with Gasteiger partial charge in [-0.15, -0.1) is 0 Å². The van der Waals surface area contributed by atoms with E-state index in [4.69, 9.17) is 4.74 Å². The first kappa shape index (κ1) is 15.4. The molecule has 0 saturated heterocycles. The van der Waals surface area contributed by atoms with E-state index in [1.165, 1.54) is 0 Å². The highest BCUT2D eigenvalue weighted by molar-refractivity contribution is 5.31. The lowest BCUT2D eigenvalue weighted by molar-refractivity contribution is 0.298. The highest BCUT2D eigenvalue weighted by atomic mass is 19.1. The zero-order valence-corrected chi connectivity index (χ0v) is 12.2. The van der Waals surface area contributed by atoms with Crippen LogP contribution in [0.5, 0.6) is 5.75 Å². The number of benzene rings is 2. The van der Waals surface area contributed by atoms with Crippen molar-refractivity contribution in [2.45, 2.75) is 26.5 Å². The zero-order valence-electron chi connectivity index (χ0n) is 12.2. The number of hydrogen-bond donors (Lipinski definition) is 1. The van der Waals surface area contributed by atoms with E-state index in [9.17, 15) is 8.78 Å². The molecular formula is C17H19F2NO. The largest absolute Gasteiger partial charge is 0.489 e. The topological polar surface area (TPSA) is 21.3 Å². The maximum absolute atomic E-state index is 13.5. The van der Waals surface area contributed by atoms with Crippen LogP contribution in [0, 0.1) is 11.6 Å². The molecular weight excluding hydrogens is 272 g/mol. The Balaban J connectivity index is 2.06. The van der Waals surface area contributed by atoms with Gasteiger partial charge in [-0.05, 0) is 49.4 Å². The fraction of sp³-hybridized carbons (Fsp3) is 0.294. The molecule has 1 atom stereocenters. The number of hydrogen-bond acceptors (Lipinski definition) is 2. The van der Waals surface area contributed by atoms with E-state index in [0.29, 0.717) is 5.75 Å². The third kappa shape index (κ3) is 4.26. The summed E-state index contributed by atoms with van der Waals surface area (Å²) in [7, 11) is 0. The maximum atomic E-state index is 13.5. The Morgan fingerprint density at radius 3 is 2.71 bits per heavy atom. The minimum absolute atomic E-state index is 0.00261. The fourth-order valence-electron chi connectivity index (χ4n) is 2.11. The summed E-state index contributed by atoms with van der Waals surface area (Å²) >= 11 is 0. The molecule has 0 aliphatic rings. The molecule has 0 amide bonds. The predicted octanol–water partition coefficient (Wildman–Crippen LogP) is 4.21. The molecule has 0 saturated carbocycles. The highest BCUT2D eigenvalue weighted by Gasteiger charge is 2.07. The van der Waals surface area contributed by atoms with Gasteiger partial charge in [0.2, 0.25) is 0 Å². The first-order valence-electron chi connectivity index (χ1n) is 7.00. The van der Waals surface area contributed by atoms with Gasteiger partial charge < -0.3 is 10.1 Å². The van der Waals surface area contributed by atoms with E-state index in [-0.39, 0.29) is 18.2 Å². The van der Waals surface area contributed by atoms with Gasteiger partial charge in [0, 0.05) is 11.6 Å². The molecule has 0 bridgehead atoms. The monoisotopic (exact) mass is 291 g/mol. The quantitative estimate of drug-likeness (QED) is 0.860. The minimum Gasteiger partial charge on any atom is -0.489 e. The Hall–Kier alpha value is -1.94. The molecule has 4 heteroatoms. The van der Waals surface area contributed by atoms with Gasteiger partial charge in [0.1, 0.15) is 24.0 Å². The second-order valence-corrected chi connectivity index (χ2v) is 4.88. The molecule has 21 heavy (non-hydrogen) atoms. The van der Waals surface area contributed by atoms with E-state index in [0.717, 1.165) is 30.3 Å². The molecule has 2 aromatic carbocycles. The molecule has 0 heterocycles. The average Bonchev–Trinajstić information content (AvgIpc) is 2.49. The second-order valence-electron chi connectivity index (χ2n) is 4.88. The first-order chi connectivity index (χ1) is 10.1. The zero-order chi connectivity index (χ0) is 15.2. The Labute approximate surface area is 123 Å². The van der Waals surface area contributed by atoms with Gasteiger partial charge >= 0.3 is 0 Å². The molecule has 0 aliphatic carbocycles. The summed E-state index contributed by atoms with van der Waals surface area (Å²) in [4.78, 5) is 0. The van der Waals surface area contributed by atoms with Crippen LogP contribution in [0.4, 0.5) is 8.78 Å². The Morgan fingerprint density at radius 1 is 1.14 bits per heavy atom. The van der Waals surface area contributed by atoms with Crippen molar-refractivity contribution in [3.05, 3.63) is 65.2 Å². The van der Waals surface area contributed by atoms with Crippen LogP contribution in [0.15, 0.2) is 42.5 Å². The molecule has 0 spiro atoms. The van der Waals surface area contributed by atoms with Crippen LogP contribution in [0.1, 0.15) is 31.0 Å². The molecule has 1 N–H and O–H groups in total. The molecule has 0 fully saturated rings. The first-order valence-corrected chi connectivity index (χ1v) is 7.00. The van der Waals surface area contributed by atoms with Gasteiger partial charge in [0.25, 0.3) is 0 Å². The summed E-state index contributed by atoms with van der Waals surface area (Å²) in [5.74, 6) is -0.293. The Morgan fingerprint density at radius 2 is 1.95 bits per heavy atom. The summed E-state index contributed by atoms with van der Waals surface area (Å²) in [6.45, 7) is 4.99. The highest BCUT2D eigenvalue weighted by Crippen LogP contribution is 2.20. The van der Waals surface area contributed by atoms with E-state index in [1.54, 1.807) is 6.07 Å². The van der Waals surface area contributed by atoms with Crippen LogP contribution >= 0.6 is 0 Å². The third-order valence-electron chi connectivity index (χ3n) is 3.27. The van der Waals surface area contributed by atoms with Crippen LogP contribution in [-0.2, 0) is 6.61 Å². The molecule has 112 valence electrons. The van der Waals surface area contributed by atoms with Crippen molar-refractivity contribution in [1.82, 2.24) is 5.32 Å². The lowest BCUT2D eigenvalue weighted by Gasteiger charge is -2.14. The lowest BCUT2D eigenvalue weighted by atomic mass is 10.1. The van der Waals surface area contributed by atoms with E-state index < -0.39 is 11.6 Å². The molecule has 0 aliphatic heterocycles. The van der Waals surface area contributed by atoms with Crippen molar-refractivity contribution >= 4 is 0 Å². The van der Waals surface area contributed by atoms with Gasteiger partial charge in [-0.1, -0.05) is 19.1 Å². The standard InChI is InChI=1S/C17H19F2NO/c1-3-20-12(2)13-5-4-6-16(10-13)21-11-14-9-15(18)7-8-17(14)19/h4-10,12,20H,3,11H2,1-2H3. The van der Waals surface area contributed by atoms with Gasteiger partial charge in [-0.3, -0.25) is 0 Å². The van der Waals surface area contributed by atoms with Crippen LogP contribution < -0.4 is 10.1 Å². The SMILES string of the molecule is CCNC(C)c1cccc(OCc2cc(F)ccc2F)c1. The molecule has 2 aromatic rings. The van der Waals surface area contributed by atoms with Gasteiger partial charge in [-0.25, -0.2) is 8.78 Å². The molecule has 1 unspecified atom stereocenters. The minimum atomic E-state index is -0.468. The molecule has 0 radical (unpaired) electrons. The maximum Gasteiger partial charge on any atom is 0.130 e. The number of rotatable bonds is 6. The van der Waals surface area contributed by atoms with Crippen LogP contribution in [0.2, 0.25) is 0 Å². The number of ether oxygens (including phenoxy) is 1. The van der Waals surface area contributed by atoms with Crippen molar-refractivity contribution in [2.75, 3.05) is 6.54 Å². The summed E-state index contributed by atoms with van der Waals surface area (Å²) in [5.41, 5.74) is 1.30. The van der Waals surface area contributed by atoms with Crippen LogP contribution in [-0.4, -0.2) is 6.54 Å². The van der Waals surface area contributed by atoms with Gasteiger partial charge in [0.05, 0.1) is 0 Å². The number of nitrogens with one attached hydrogen (secondary N) is 1. The van der Waals surface area contributed by atoms with Crippen LogP contribution in [0.3, 0.4) is 0 Å². The molecule has 2 nitrogen and oxygen atoms in total. The normalized spacial score (nSPS) is 12.2. The van der Waals surface area contributed by atoms with E-state index in [2.05, 4.69) is 12.2 Å². The van der Waals surface area contributed by atoms with Crippen molar-refractivity contribution < 1.29 is 13.5 Å². The smallest absolute Gasteiger partial charge is 0.130 e. The Bertz CT molecular complexity index is 601. The van der Waals surface area contributed by atoms with E-state index in [1.807, 2.05) is 25.1 Å². The summed E-state index contributed by atoms with van der Waals surface area (Å²) < 4.78 is 32.2. The molecule has 2 rings (SSSR count). The summed E-state index contributed by atoms with van der Waals surface area (Å²) in [5, 5.41) is 3.31. The number of halogens is 2. The van der Waals surface area contributed by atoms with Gasteiger partial charge in [-0.2, -0.15) is 0 Å². The van der Waals surface area contributed by atoms with Crippen LogP contribution in [0.25, 0.3) is 0 Å². The second kappa shape index (κ2) is 7.18. The van der Waals surface area contributed by atoms with Crippen molar-refractivity contribution in [3.63, 3.8) is 0 Å². The van der Waals surface area contributed by atoms with E-state index >= 15 is 0 Å². The summed E-state index contributed by atoms with van der Waals surface area (Å²) in [6.07, 6.45) is 0. The average molecular weight is 291 g/mol. The molecule has 0 aromatic heterocycles. The van der Waals surface area contributed by atoms with Crippen molar-refractivity contribution in [1.29, 1.82) is 0 Å².